The number of hydrogen-bond acceptors (Lipinski definition) is 4. The second-order valence-corrected chi connectivity index (χ2v) is 21.2. The van der Waals surface area contributed by atoms with Crippen molar-refractivity contribution in [2.24, 2.45) is 0 Å². The van der Waals surface area contributed by atoms with Gasteiger partial charge in [0.15, 0.2) is 0 Å². The molecule has 0 saturated heterocycles. The Morgan fingerprint density at radius 3 is 1.89 bits per heavy atom. The fraction of sp³-hybridized carbons (Fsp3) is 0.276. The molecule has 0 N–H and O–H groups in total. The Hall–Kier alpha value is -5.64. The molecule has 6 aromatic carbocycles. The van der Waals surface area contributed by atoms with Gasteiger partial charge in [-0.05, 0) is 103 Å². The molecule has 9 rings (SSSR count). The maximum absolute atomic E-state index is 6.69. The fourth-order valence-corrected chi connectivity index (χ4v) is 8.67. The molecule has 0 unspecified atom stereocenters. The van der Waals surface area contributed by atoms with Crippen LogP contribution in [0.2, 0.25) is 0 Å². The number of nitrogens with zero attached hydrogens (tertiary/aromatic N) is 4. The van der Waals surface area contributed by atoms with Gasteiger partial charge in [-0.15, -0.1) is 48.1 Å². The number of fused-ring (bicyclic) bond motifs is 4. The molecule has 0 saturated carbocycles. The third kappa shape index (κ3) is 8.52. The average Bonchev–Trinajstić information content (AvgIpc) is 3.78. The Morgan fingerprint density at radius 1 is 0.531 bits per heavy atom. The minimum atomic E-state index is -0.0498. The van der Waals surface area contributed by atoms with Gasteiger partial charge in [0.25, 0.3) is 0 Å². The molecule has 1 aliphatic rings. The van der Waals surface area contributed by atoms with E-state index in [-0.39, 0.29) is 42.7 Å². The summed E-state index contributed by atoms with van der Waals surface area (Å²) in [5.41, 5.74) is 13.8. The summed E-state index contributed by atoms with van der Waals surface area (Å²) in [5.74, 6) is 2.06. The number of rotatable bonds is 6. The largest absolute Gasteiger partial charge is 0.509 e. The van der Waals surface area contributed by atoms with Gasteiger partial charge in [-0.3, -0.25) is 0 Å². The standard InChI is InChI=1S/C58H59N4O.Pt/c1-55(2,3)39-17-15-18-42(32-39)60-37-61(52-22-14-13-21-51(52)60)43-19-16-20-44(35-43)63-45-25-27-47-48-31-38(46-26-24-40(56(4,5)6)33-49(46)58(10,11)12)23-28-50(48)62(53(47)36-45)54-34-41(29-30-59-54)57(7,8)9;/h13-34,37H,1-12H3;/q-3;. The van der Waals surface area contributed by atoms with Crippen LogP contribution in [0.1, 0.15) is 105 Å². The minimum Gasteiger partial charge on any atom is -0.509 e. The van der Waals surface area contributed by atoms with Crippen LogP contribution in [0.5, 0.6) is 11.5 Å². The van der Waals surface area contributed by atoms with Gasteiger partial charge >= 0.3 is 0 Å². The van der Waals surface area contributed by atoms with E-state index in [9.17, 15) is 0 Å². The summed E-state index contributed by atoms with van der Waals surface area (Å²) >= 11 is 0. The average molecular weight is 1020 g/mol. The molecule has 0 aliphatic carbocycles. The van der Waals surface area contributed by atoms with E-state index in [1.807, 2.05) is 24.4 Å². The van der Waals surface area contributed by atoms with Crippen molar-refractivity contribution in [2.45, 2.75) is 105 Å². The molecule has 0 atom stereocenters. The van der Waals surface area contributed by atoms with E-state index in [1.54, 1.807) is 0 Å². The number of anilines is 4. The first kappa shape index (κ1) is 44.9. The van der Waals surface area contributed by atoms with Crippen LogP contribution in [0, 0.1) is 18.8 Å². The van der Waals surface area contributed by atoms with E-state index < -0.39 is 0 Å². The first-order valence-corrected chi connectivity index (χ1v) is 22.2. The fourth-order valence-electron chi connectivity index (χ4n) is 8.67. The topological polar surface area (TPSA) is 33.5 Å². The van der Waals surface area contributed by atoms with Crippen molar-refractivity contribution in [3.05, 3.63) is 175 Å². The number of hydrogen-bond donors (Lipinski definition) is 0. The summed E-state index contributed by atoms with van der Waals surface area (Å²) < 4.78 is 8.93. The van der Waals surface area contributed by atoms with Gasteiger partial charge in [0.2, 0.25) is 0 Å². The Kier molecular flexibility index (Phi) is 11.5. The number of pyridine rings is 1. The minimum absolute atomic E-state index is 0. The molecule has 0 bridgehead atoms. The van der Waals surface area contributed by atoms with Crippen molar-refractivity contribution < 1.29 is 25.8 Å². The van der Waals surface area contributed by atoms with Gasteiger partial charge in [-0.1, -0.05) is 143 Å². The van der Waals surface area contributed by atoms with Gasteiger partial charge in [0.05, 0.1) is 0 Å². The zero-order chi connectivity index (χ0) is 44.6. The molecule has 3 heterocycles. The molecule has 330 valence electrons. The van der Waals surface area contributed by atoms with Crippen LogP contribution in [-0.2, 0) is 42.7 Å². The summed E-state index contributed by atoms with van der Waals surface area (Å²) in [6.45, 7) is 29.4. The van der Waals surface area contributed by atoms with Crippen LogP contribution >= 0.6 is 0 Å². The maximum atomic E-state index is 6.69. The molecule has 0 amide bonds. The molecule has 6 heteroatoms. The van der Waals surface area contributed by atoms with Crippen molar-refractivity contribution in [1.29, 1.82) is 0 Å². The van der Waals surface area contributed by atoms with Crippen LogP contribution in [0.3, 0.4) is 0 Å². The molecule has 0 spiro atoms. The number of para-hydroxylation sites is 2. The van der Waals surface area contributed by atoms with Gasteiger partial charge in [0.1, 0.15) is 5.82 Å². The summed E-state index contributed by atoms with van der Waals surface area (Å²) in [5, 5.41) is 2.23. The molecule has 0 fully saturated rings. The predicted octanol–water partition coefficient (Wildman–Crippen LogP) is 15.8. The number of ether oxygens (including phenoxy) is 1. The maximum Gasteiger partial charge on any atom is 0.135 e. The third-order valence-corrected chi connectivity index (χ3v) is 12.3. The van der Waals surface area contributed by atoms with E-state index in [0.29, 0.717) is 11.5 Å². The smallest absolute Gasteiger partial charge is 0.135 e. The zero-order valence-electron chi connectivity index (χ0n) is 39.3. The number of aromatic nitrogens is 2. The van der Waals surface area contributed by atoms with E-state index >= 15 is 0 Å². The van der Waals surface area contributed by atoms with Gasteiger partial charge in [-0.2, -0.15) is 12.1 Å². The predicted molar refractivity (Wildman–Crippen MR) is 264 cm³/mol. The summed E-state index contributed by atoms with van der Waals surface area (Å²) in [6, 6.07) is 53.1. The molecule has 8 aromatic rings. The van der Waals surface area contributed by atoms with E-state index in [0.717, 1.165) is 50.4 Å². The molecule has 5 nitrogen and oxygen atoms in total. The van der Waals surface area contributed by atoms with Crippen LogP contribution < -0.4 is 14.5 Å². The van der Waals surface area contributed by atoms with Crippen molar-refractivity contribution in [3.63, 3.8) is 0 Å². The van der Waals surface area contributed by atoms with E-state index in [4.69, 9.17) is 9.72 Å². The van der Waals surface area contributed by atoms with Gasteiger partial charge in [0, 0.05) is 61.3 Å². The molecule has 0 radical (unpaired) electrons. The third-order valence-electron chi connectivity index (χ3n) is 12.3. The van der Waals surface area contributed by atoms with Crippen LogP contribution in [0.25, 0.3) is 38.8 Å². The van der Waals surface area contributed by atoms with Crippen molar-refractivity contribution in [3.8, 4) is 28.4 Å². The van der Waals surface area contributed by atoms with Gasteiger partial charge in [-0.25, -0.2) is 4.98 Å². The van der Waals surface area contributed by atoms with Crippen LogP contribution in [0.4, 0.5) is 22.7 Å². The summed E-state index contributed by atoms with van der Waals surface area (Å²) in [4.78, 5) is 9.41. The van der Waals surface area contributed by atoms with E-state index in [1.165, 1.54) is 33.4 Å². The quantitative estimate of drug-likeness (QED) is 0.155. The first-order valence-electron chi connectivity index (χ1n) is 22.2. The van der Waals surface area contributed by atoms with Crippen molar-refractivity contribution >= 4 is 44.6 Å². The van der Waals surface area contributed by atoms with Gasteiger partial charge < -0.3 is 19.1 Å². The molecule has 2 aromatic heterocycles. The van der Waals surface area contributed by atoms with Crippen LogP contribution in [-0.4, -0.2) is 9.55 Å². The zero-order valence-corrected chi connectivity index (χ0v) is 41.6. The second kappa shape index (κ2) is 16.4. The Bertz CT molecular complexity index is 3020. The first-order chi connectivity index (χ1) is 29.7. The summed E-state index contributed by atoms with van der Waals surface area (Å²) in [7, 11) is 0. The van der Waals surface area contributed by atoms with Crippen molar-refractivity contribution in [2.75, 3.05) is 9.80 Å². The van der Waals surface area contributed by atoms with Crippen molar-refractivity contribution in [1.82, 2.24) is 9.55 Å². The summed E-state index contributed by atoms with van der Waals surface area (Å²) in [6.07, 6.45) is 1.92. The van der Waals surface area contributed by atoms with E-state index in [2.05, 4.69) is 225 Å². The molecule has 64 heavy (non-hydrogen) atoms. The Labute approximate surface area is 395 Å². The molecular weight excluding hydrogens is 964 g/mol. The monoisotopic (exact) mass is 1020 g/mol. The number of benzene rings is 6. The Balaban J connectivity index is 0.00000560. The van der Waals surface area contributed by atoms with Crippen LogP contribution in [0.15, 0.2) is 134 Å². The normalized spacial score (nSPS) is 13.4. The Morgan fingerprint density at radius 2 is 1.19 bits per heavy atom. The molecule has 1 aliphatic heterocycles. The second-order valence-electron chi connectivity index (χ2n) is 21.2. The SMILES string of the molecule is CC(C)(C)c1cccc(N2[CH-]N(c3[c-]c(Oc4[c-]c5c(cc4)c4cc(-c6ccc(C(C)(C)C)cc6C(C)(C)C)ccc4n5-c4cc(C(C)(C)C)ccn4)ccc3)c3ccccc32)c1.[Pt]. The molecular formula is C58H59N4OPt-3.